The van der Waals surface area contributed by atoms with Crippen molar-refractivity contribution in [3.63, 3.8) is 0 Å². The quantitative estimate of drug-likeness (QED) is 0.143. The summed E-state index contributed by atoms with van der Waals surface area (Å²) in [4.78, 5) is 4.83. The Labute approximate surface area is 388 Å². The lowest BCUT2D eigenvalue weighted by molar-refractivity contribution is 0.660. The second-order valence-corrected chi connectivity index (χ2v) is 18.1. The molecule has 0 bridgehead atoms. The largest absolute Gasteiger partial charge is 0.310 e. The Hall–Kier alpha value is -8.20. The maximum Gasteiger partial charge on any atom is 0.0714 e. The van der Waals surface area contributed by atoms with E-state index < -0.39 is 5.41 Å². The van der Waals surface area contributed by atoms with Gasteiger partial charge in [0.15, 0.2) is 0 Å². The summed E-state index contributed by atoms with van der Waals surface area (Å²) >= 11 is 0. The maximum atomic E-state index is 2.47. The van der Waals surface area contributed by atoms with Gasteiger partial charge in [-0.2, -0.15) is 0 Å². The Morgan fingerprint density at radius 3 is 1.29 bits per heavy atom. The van der Waals surface area contributed by atoms with Gasteiger partial charge in [-0.1, -0.05) is 202 Å². The van der Waals surface area contributed by atoms with Gasteiger partial charge >= 0.3 is 0 Å². The molecular weight excluding hydrogens is 797 g/mol. The normalized spacial score (nSPS) is 13.5. The van der Waals surface area contributed by atoms with Crippen LogP contribution in [0, 0.1) is 0 Å². The summed E-state index contributed by atoms with van der Waals surface area (Å²) in [6, 6.07) is 93.7. The third-order valence-corrected chi connectivity index (χ3v) is 14.1. The molecule has 2 aliphatic rings. The van der Waals surface area contributed by atoms with E-state index in [1.54, 1.807) is 0 Å². The maximum absolute atomic E-state index is 2.47. The van der Waals surface area contributed by atoms with Crippen molar-refractivity contribution in [2.24, 2.45) is 0 Å². The predicted molar refractivity (Wildman–Crippen MR) is 276 cm³/mol. The third kappa shape index (κ3) is 6.25. The minimum Gasteiger partial charge on any atom is -0.310 e. The number of benzene rings is 10. The molecule has 0 saturated carbocycles. The molecule has 0 heterocycles. The van der Waals surface area contributed by atoms with E-state index in [9.17, 15) is 0 Å². The number of hydrogen-bond acceptors (Lipinski definition) is 2. The number of hydrogen-bond donors (Lipinski definition) is 0. The van der Waals surface area contributed by atoms with Crippen molar-refractivity contribution in [2.45, 2.75) is 24.7 Å². The third-order valence-electron chi connectivity index (χ3n) is 14.1. The highest BCUT2D eigenvalue weighted by atomic mass is 15.2. The Morgan fingerprint density at radius 1 is 0.258 bits per heavy atom. The first-order chi connectivity index (χ1) is 32.5. The van der Waals surface area contributed by atoms with E-state index >= 15 is 0 Å². The Bertz CT molecular complexity index is 3340. The molecule has 0 aromatic heterocycles. The fraction of sp³-hybridized carbons (Fsp3) is 0.0625. The number of nitrogens with zero attached hydrogens (tertiary/aromatic N) is 2. The standard InChI is InChI=1S/C64H48N2/c1-63(2)59-33-15-12-32-57(59)58-44-54(40-41-60(58)63)66(53-29-19-28-52(43-53)65(49-25-10-5-11-26-49)50-38-36-46(37-39-50)45-20-6-3-7-21-45)51-27-18-24-48(42-51)64(47-22-8-4-9-23-47)61-34-16-13-30-55(61)56-31-14-17-35-62(56)64/h3-44H,1-2H3. The molecule has 66 heavy (non-hydrogen) atoms. The Morgan fingerprint density at radius 2 is 0.652 bits per heavy atom. The van der Waals surface area contributed by atoms with Gasteiger partial charge in [0.05, 0.1) is 5.41 Å². The number of rotatable bonds is 9. The van der Waals surface area contributed by atoms with Gasteiger partial charge in [-0.3, -0.25) is 0 Å². The molecule has 12 rings (SSSR count). The monoisotopic (exact) mass is 844 g/mol. The van der Waals surface area contributed by atoms with Crippen molar-refractivity contribution < 1.29 is 0 Å². The molecule has 2 aliphatic carbocycles. The topological polar surface area (TPSA) is 6.48 Å². The molecule has 10 aromatic rings. The molecule has 0 saturated heterocycles. The van der Waals surface area contributed by atoms with E-state index in [1.165, 1.54) is 66.8 Å². The molecule has 2 nitrogen and oxygen atoms in total. The van der Waals surface area contributed by atoms with Crippen LogP contribution in [0.3, 0.4) is 0 Å². The first-order valence-corrected chi connectivity index (χ1v) is 23.0. The zero-order valence-corrected chi connectivity index (χ0v) is 37.1. The first-order valence-electron chi connectivity index (χ1n) is 23.0. The lowest BCUT2D eigenvalue weighted by atomic mass is 9.67. The van der Waals surface area contributed by atoms with Crippen LogP contribution in [0.4, 0.5) is 34.1 Å². The smallest absolute Gasteiger partial charge is 0.0714 e. The van der Waals surface area contributed by atoms with Gasteiger partial charge in [-0.15, -0.1) is 0 Å². The van der Waals surface area contributed by atoms with Crippen LogP contribution in [0.15, 0.2) is 255 Å². The van der Waals surface area contributed by atoms with Crippen LogP contribution in [-0.2, 0) is 10.8 Å². The molecule has 0 radical (unpaired) electrons. The number of para-hydroxylation sites is 1. The van der Waals surface area contributed by atoms with Crippen LogP contribution in [0.2, 0.25) is 0 Å². The van der Waals surface area contributed by atoms with Crippen LogP contribution in [0.25, 0.3) is 33.4 Å². The summed E-state index contributed by atoms with van der Waals surface area (Å²) in [5.74, 6) is 0. The summed E-state index contributed by atoms with van der Waals surface area (Å²) in [5.41, 5.74) is 21.2. The predicted octanol–water partition coefficient (Wildman–Crippen LogP) is 17.0. The van der Waals surface area contributed by atoms with Gasteiger partial charge in [-0.05, 0) is 133 Å². The molecule has 10 aromatic carbocycles. The minimum atomic E-state index is -0.533. The molecule has 0 atom stereocenters. The van der Waals surface area contributed by atoms with Crippen molar-refractivity contribution in [2.75, 3.05) is 9.80 Å². The van der Waals surface area contributed by atoms with Gasteiger partial charge in [0.2, 0.25) is 0 Å². The zero-order chi connectivity index (χ0) is 44.2. The molecular formula is C64H48N2. The molecule has 0 fully saturated rings. The average Bonchev–Trinajstić information content (AvgIpc) is 3.81. The van der Waals surface area contributed by atoms with Gasteiger partial charge in [0.1, 0.15) is 0 Å². The van der Waals surface area contributed by atoms with Crippen LogP contribution in [0.5, 0.6) is 0 Å². The molecule has 2 heteroatoms. The lowest BCUT2D eigenvalue weighted by Gasteiger charge is -2.35. The van der Waals surface area contributed by atoms with Gasteiger partial charge in [0.25, 0.3) is 0 Å². The van der Waals surface area contributed by atoms with Crippen LogP contribution < -0.4 is 9.80 Å². The summed E-state index contributed by atoms with van der Waals surface area (Å²) in [6.07, 6.45) is 0. The molecule has 0 N–H and O–H groups in total. The van der Waals surface area contributed by atoms with E-state index in [0.717, 1.165) is 34.1 Å². The Balaban J connectivity index is 1.07. The zero-order valence-electron chi connectivity index (χ0n) is 37.1. The van der Waals surface area contributed by atoms with Crippen molar-refractivity contribution in [1.29, 1.82) is 0 Å². The SMILES string of the molecule is CC1(C)c2ccccc2-c2cc(N(c3cccc(N(c4ccccc4)c4ccc(-c5ccccc5)cc4)c3)c3cccc(C4(c5ccccc5)c5ccccc5-c5ccccc54)c3)ccc21. The van der Waals surface area contributed by atoms with Crippen LogP contribution in [-0.4, -0.2) is 0 Å². The van der Waals surface area contributed by atoms with Crippen LogP contribution in [0.1, 0.15) is 47.2 Å². The fourth-order valence-electron chi connectivity index (χ4n) is 11.1. The highest BCUT2D eigenvalue weighted by Gasteiger charge is 2.46. The van der Waals surface area contributed by atoms with E-state index in [0.29, 0.717) is 0 Å². The number of fused-ring (bicyclic) bond motifs is 6. The second-order valence-electron chi connectivity index (χ2n) is 18.1. The highest BCUT2D eigenvalue weighted by molar-refractivity contribution is 5.90. The average molecular weight is 845 g/mol. The summed E-state index contributed by atoms with van der Waals surface area (Å²) < 4.78 is 0. The Kier molecular flexibility index (Phi) is 9.43. The molecule has 0 unspecified atom stereocenters. The van der Waals surface area contributed by atoms with E-state index in [-0.39, 0.29) is 5.41 Å². The molecule has 314 valence electrons. The second kappa shape index (κ2) is 15.8. The summed E-state index contributed by atoms with van der Waals surface area (Å²) in [6.45, 7) is 4.71. The fourth-order valence-corrected chi connectivity index (χ4v) is 11.1. The van der Waals surface area contributed by atoms with Gasteiger partial charge < -0.3 is 9.80 Å². The number of anilines is 6. The summed E-state index contributed by atoms with van der Waals surface area (Å²) in [7, 11) is 0. The van der Waals surface area contributed by atoms with Crippen molar-refractivity contribution in [1.82, 2.24) is 0 Å². The lowest BCUT2D eigenvalue weighted by Crippen LogP contribution is -2.28. The highest BCUT2D eigenvalue weighted by Crippen LogP contribution is 2.57. The molecule has 0 spiro atoms. The van der Waals surface area contributed by atoms with Gasteiger partial charge in [0, 0.05) is 39.5 Å². The van der Waals surface area contributed by atoms with Crippen molar-refractivity contribution >= 4 is 34.1 Å². The van der Waals surface area contributed by atoms with Crippen molar-refractivity contribution in [3.05, 3.63) is 288 Å². The molecule has 0 amide bonds. The van der Waals surface area contributed by atoms with Crippen LogP contribution >= 0.6 is 0 Å². The van der Waals surface area contributed by atoms with Gasteiger partial charge in [-0.25, -0.2) is 0 Å². The van der Waals surface area contributed by atoms with E-state index in [1.807, 2.05) is 0 Å². The van der Waals surface area contributed by atoms with E-state index in [4.69, 9.17) is 0 Å². The minimum absolute atomic E-state index is 0.104. The summed E-state index contributed by atoms with van der Waals surface area (Å²) in [5, 5.41) is 0. The van der Waals surface area contributed by atoms with Crippen molar-refractivity contribution in [3.8, 4) is 33.4 Å². The first kappa shape index (κ1) is 39.4. The molecule has 0 aliphatic heterocycles. The van der Waals surface area contributed by atoms with E-state index in [2.05, 4.69) is 278 Å².